The van der Waals surface area contributed by atoms with Gasteiger partial charge < -0.3 is 5.32 Å². The van der Waals surface area contributed by atoms with Gasteiger partial charge in [-0.05, 0) is 18.6 Å². The molecule has 0 aromatic heterocycles. The molecule has 1 fully saturated rings. The fourth-order valence-corrected chi connectivity index (χ4v) is 5.04. The molecule has 3 aliphatic heterocycles. The van der Waals surface area contributed by atoms with Gasteiger partial charge in [0.1, 0.15) is 0 Å². The molecule has 0 aliphatic carbocycles. The number of hydrogen-bond acceptors (Lipinski definition) is 5. The van der Waals surface area contributed by atoms with Crippen LogP contribution in [0, 0.1) is 0 Å². The van der Waals surface area contributed by atoms with E-state index in [1.54, 1.807) is 16.7 Å². The van der Waals surface area contributed by atoms with Gasteiger partial charge in [-0.2, -0.15) is 0 Å². The summed E-state index contributed by atoms with van der Waals surface area (Å²) in [6.45, 7) is 0.739. The Kier molecular flexibility index (Phi) is 3.00. The molecule has 1 atom stereocenters. The van der Waals surface area contributed by atoms with Crippen molar-refractivity contribution in [3.63, 3.8) is 0 Å². The highest BCUT2D eigenvalue weighted by molar-refractivity contribution is 8.14. The molecule has 2 amide bonds. The largest absolute Gasteiger partial charge is 0.303 e. The smallest absolute Gasteiger partial charge is 0.263 e. The Labute approximate surface area is 130 Å². The Hall–Kier alpha value is -1.47. The van der Waals surface area contributed by atoms with E-state index in [-0.39, 0.29) is 11.8 Å². The van der Waals surface area contributed by atoms with Crippen molar-refractivity contribution >= 4 is 46.2 Å². The van der Waals surface area contributed by atoms with Crippen molar-refractivity contribution in [2.45, 2.75) is 22.6 Å². The summed E-state index contributed by atoms with van der Waals surface area (Å²) in [5.74, 6) is 0.782. The lowest BCUT2D eigenvalue weighted by Gasteiger charge is -2.29. The van der Waals surface area contributed by atoms with Crippen LogP contribution in [-0.2, 0) is 9.59 Å². The molecule has 0 bridgehead atoms. The Morgan fingerprint density at radius 1 is 1.38 bits per heavy atom. The minimum atomic E-state index is -0.841. The maximum absolute atomic E-state index is 12.8. The summed E-state index contributed by atoms with van der Waals surface area (Å²) in [6, 6.07) is 7.70. The van der Waals surface area contributed by atoms with Crippen LogP contribution in [0.3, 0.4) is 0 Å². The van der Waals surface area contributed by atoms with Gasteiger partial charge in [0, 0.05) is 17.1 Å². The van der Waals surface area contributed by atoms with E-state index in [9.17, 15) is 9.59 Å². The van der Waals surface area contributed by atoms with Crippen molar-refractivity contribution in [1.82, 2.24) is 5.32 Å². The van der Waals surface area contributed by atoms with Crippen LogP contribution in [-0.4, -0.2) is 34.2 Å². The molecule has 0 spiro atoms. The fraction of sp³-hybridized carbons (Fsp3) is 0.357. The summed E-state index contributed by atoms with van der Waals surface area (Å²) in [6.07, 6.45) is 0.948. The van der Waals surface area contributed by atoms with E-state index in [0.29, 0.717) is 18.0 Å². The fourth-order valence-electron chi connectivity index (χ4n) is 2.90. The Balaban J connectivity index is 1.70. The lowest BCUT2D eigenvalue weighted by atomic mass is 10.2. The molecule has 1 aromatic rings. The van der Waals surface area contributed by atoms with Crippen LogP contribution < -0.4 is 10.2 Å². The van der Waals surface area contributed by atoms with E-state index in [1.807, 2.05) is 24.3 Å². The number of carbonyl (C=O) groups is 2. The van der Waals surface area contributed by atoms with E-state index in [0.717, 1.165) is 22.9 Å². The minimum Gasteiger partial charge on any atom is -0.303 e. The molecule has 4 rings (SSSR count). The van der Waals surface area contributed by atoms with Crippen molar-refractivity contribution in [3.8, 4) is 0 Å². The zero-order valence-corrected chi connectivity index (χ0v) is 12.8. The van der Waals surface area contributed by atoms with Gasteiger partial charge >= 0.3 is 0 Å². The van der Waals surface area contributed by atoms with E-state index < -0.39 is 4.87 Å². The molecule has 1 aromatic carbocycles. The quantitative estimate of drug-likeness (QED) is 0.858. The number of fused-ring (bicyclic) bond motifs is 3. The van der Waals surface area contributed by atoms with Crippen LogP contribution in [0.25, 0.3) is 0 Å². The number of amides is 2. The van der Waals surface area contributed by atoms with E-state index in [2.05, 4.69) is 10.3 Å². The number of nitrogens with zero attached hydrogens (tertiary/aromatic N) is 2. The summed E-state index contributed by atoms with van der Waals surface area (Å²) in [5, 5.41) is 3.57. The number of carbonyl (C=O) groups excluding carboxylic acids is 2. The van der Waals surface area contributed by atoms with Crippen LogP contribution >= 0.6 is 23.5 Å². The van der Waals surface area contributed by atoms with Gasteiger partial charge in [0.05, 0.1) is 12.2 Å². The maximum Gasteiger partial charge on any atom is 0.263 e. The van der Waals surface area contributed by atoms with Crippen molar-refractivity contribution in [2.24, 2.45) is 4.99 Å². The summed E-state index contributed by atoms with van der Waals surface area (Å²) in [4.78, 5) is 31.1. The van der Waals surface area contributed by atoms with Gasteiger partial charge in [-0.3, -0.25) is 19.5 Å². The molecule has 0 radical (unpaired) electrons. The number of benzene rings is 1. The van der Waals surface area contributed by atoms with Gasteiger partial charge in [-0.1, -0.05) is 35.7 Å². The molecular weight excluding hydrogens is 306 g/mol. The summed E-state index contributed by atoms with van der Waals surface area (Å²) >= 11 is 3.03. The number of para-hydroxylation sites is 1. The second-order valence-corrected chi connectivity index (χ2v) is 7.48. The first kappa shape index (κ1) is 13.2. The molecule has 0 saturated carbocycles. The number of amidine groups is 1. The van der Waals surface area contributed by atoms with E-state index >= 15 is 0 Å². The molecule has 1 saturated heterocycles. The molecule has 3 heterocycles. The van der Waals surface area contributed by atoms with Crippen molar-refractivity contribution < 1.29 is 9.59 Å². The van der Waals surface area contributed by atoms with Gasteiger partial charge in [-0.25, -0.2) is 0 Å². The normalized spacial score (nSPS) is 26.6. The molecule has 1 N–H and O–H groups in total. The molecular formula is C14H13N3O2S2. The zero-order chi connectivity index (χ0) is 14.4. The number of aliphatic imine (C=N–C) groups is 1. The summed E-state index contributed by atoms with van der Waals surface area (Å²) < 4.78 is 0. The molecule has 0 unspecified atom stereocenters. The maximum atomic E-state index is 12.8. The van der Waals surface area contributed by atoms with Crippen molar-refractivity contribution in [1.29, 1.82) is 0 Å². The van der Waals surface area contributed by atoms with Crippen LogP contribution in [0.15, 0.2) is 34.2 Å². The lowest BCUT2D eigenvalue weighted by molar-refractivity contribution is -0.123. The predicted molar refractivity (Wildman–Crippen MR) is 84.7 cm³/mol. The molecule has 108 valence electrons. The van der Waals surface area contributed by atoms with Crippen LogP contribution in [0.4, 0.5) is 5.69 Å². The van der Waals surface area contributed by atoms with Crippen LogP contribution in [0.2, 0.25) is 0 Å². The average molecular weight is 319 g/mol. The Bertz CT molecular complexity index is 676. The summed E-state index contributed by atoms with van der Waals surface area (Å²) in [7, 11) is 0. The van der Waals surface area contributed by atoms with Gasteiger partial charge in [0.15, 0.2) is 10.0 Å². The van der Waals surface area contributed by atoms with Gasteiger partial charge in [-0.15, -0.1) is 0 Å². The highest BCUT2D eigenvalue weighted by Crippen LogP contribution is 2.55. The standard InChI is InChI=1S/C14H13N3O2S2/c18-11-5-6-14(12(19)16-13-15-7-8-20-13)17(11)9-3-1-2-4-10(9)21-14/h1-4H,5-8H2,(H,15,16,19)/t14-/m1/s1. The van der Waals surface area contributed by atoms with E-state index in [1.165, 1.54) is 11.8 Å². The van der Waals surface area contributed by atoms with Crippen LogP contribution in [0.5, 0.6) is 0 Å². The van der Waals surface area contributed by atoms with Crippen LogP contribution in [0.1, 0.15) is 12.8 Å². The molecule has 3 aliphatic rings. The third kappa shape index (κ3) is 1.91. The first-order valence-corrected chi connectivity index (χ1v) is 8.61. The zero-order valence-electron chi connectivity index (χ0n) is 11.2. The minimum absolute atomic E-state index is 0.0172. The highest BCUT2D eigenvalue weighted by Gasteiger charge is 2.57. The van der Waals surface area contributed by atoms with E-state index in [4.69, 9.17) is 0 Å². The lowest BCUT2D eigenvalue weighted by Crippen LogP contribution is -2.53. The highest BCUT2D eigenvalue weighted by atomic mass is 32.2. The Morgan fingerprint density at radius 3 is 3.05 bits per heavy atom. The number of nitrogens with one attached hydrogen (secondary N) is 1. The third-order valence-corrected chi connectivity index (χ3v) is 6.20. The number of rotatable bonds is 1. The van der Waals surface area contributed by atoms with Gasteiger partial charge in [0.25, 0.3) is 5.91 Å². The number of anilines is 1. The molecule has 7 heteroatoms. The summed E-state index contributed by atoms with van der Waals surface area (Å²) in [5.41, 5.74) is 0.848. The second-order valence-electron chi connectivity index (χ2n) is 5.07. The first-order chi connectivity index (χ1) is 10.2. The third-order valence-electron chi connectivity index (χ3n) is 3.83. The van der Waals surface area contributed by atoms with Crippen molar-refractivity contribution in [3.05, 3.63) is 24.3 Å². The number of hydrogen-bond donors (Lipinski definition) is 1. The SMILES string of the molecule is O=C1CC[C@]2(C(=O)NC3=NCCS3)Sc3ccccc3N12. The van der Waals surface area contributed by atoms with Crippen molar-refractivity contribution in [2.75, 3.05) is 17.2 Å². The number of thioether (sulfide) groups is 2. The Morgan fingerprint density at radius 2 is 2.24 bits per heavy atom. The molecule has 21 heavy (non-hydrogen) atoms. The second kappa shape index (κ2) is 4.78. The monoisotopic (exact) mass is 319 g/mol. The predicted octanol–water partition coefficient (Wildman–Crippen LogP) is 1.83. The first-order valence-electron chi connectivity index (χ1n) is 6.80. The topological polar surface area (TPSA) is 61.8 Å². The average Bonchev–Trinajstić information content (AvgIpc) is 3.15. The molecule has 5 nitrogen and oxygen atoms in total. The van der Waals surface area contributed by atoms with Gasteiger partial charge in [0.2, 0.25) is 5.91 Å².